The van der Waals surface area contributed by atoms with Crippen LogP contribution in [0.5, 0.6) is 5.88 Å². The number of nitrogens with zero attached hydrogens (tertiary/aromatic N) is 2. The topological polar surface area (TPSA) is 27.1 Å². The monoisotopic (exact) mass is 176 g/mol. The zero-order valence-electron chi connectivity index (χ0n) is 6.92. The number of ether oxygens (including phenoxy) is 1. The van der Waals surface area contributed by atoms with Crippen LogP contribution in [0, 0.1) is 0 Å². The fourth-order valence-corrected chi connectivity index (χ4v) is 0.906. The minimum Gasteiger partial charge on any atom is -0.478 e. The number of hydrogen-bond donors (Lipinski definition) is 0. The van der Waals surface area contributed by atoms with E-state index in [1.54, 1.807) is 14.0 Å². The lowest BCUT2D eigenvalue weighted by Gasteiger charge is -2.05. The van der Waals surface area contributed by atoms with Crippen LogP contribution in [0.3, 0.4) is 0 Å². The van der Waals surface area contributed by atoms with Gasteiger partial charge in [-0.15, -0.1) is 0 Å². The Morgan fingerprint density at radius 1 is 1.67 bits per heavy atom. The van der Waals surface area contributed by atoms with Gasteiger partial charge in [-0.2, -0.15) is 5.10 Å². The quantitative estimate of drug-likeness (QED) is 0.701. The Morgan fingerprint density at radius 2 is 2.33 bits per heavy atom. The van der Waals surface area contributed by atoms with Gasteiger partial charge in [-0.05, 0) is 6.92 Å². The van der Waals surface area contributed by atoms with Gasteiger partial charge in [0.05, 0.1) is 18.4 Å². The molecule has 68 valence electrons. The highest BCUT2D eigenvalue weighted by Gasteiger charge is 2.17. The Kier molecular flexibility index (Phi) is 2.62. The van der Waals surface area contributed by atoms with Crippen LogP contribution in [0.1, 0.15) is 18.9 Å². The lowest BCUT2D eigenvalue weighted by Crippen LogP contribution is -2.01. The van der Waals surface area contributed by atoms with Gasteiger partial charge in [0.1, 0.15) is 0 Å². The van der Waals surface area contributed by atoms with Crippen LogP contribution in [-0.2, 0) is 7.05 Å². The van der Waals surface area contributed by atoms with Gasteiger partial charge in [-0.25, -0.2) is 13.5 Å². The third kappa shape index (κ3) is 1.54. The van der Waals surface area contributed by atoms with E-state index in [-0.39, 0.29) is 11.4 Å². The average molecular weight is 176 g/mol. The Balaban J connectivity index is 2.95. The van der Waals surface area contributed by atoms with Gasteiger partial charge in [0.15, 0.2) is 0 Å². The molecule has 5 heteroatoms. The number of rotatable bonds is 3. The van der Waals surface area contributed by atoms with Gasteiger partial charge in [-0.3, -0.25) is 0 Å². The van der Waals surface area contributed by atoms with Crippen LogP contribution in [0.15, 0.2) is 6.20 Å². The van der Waals surface area contributed by atoms with E-state index in [0.29, 0.717) is 6.61 Å². The lowest BCUT2D eigenvalue weighted by atomic mass is 10.3. The first-order valence-electron chi connectivity index (χ1n) is 3.59. The van der Waals surface area contributed by atoms with E-state index in [4.69, 9.17) is 4.74 Å². The molecule has 0 saturated heterocycles. The zero-order valence-corrected chi connectivity index (χ0v) is 6.92. The first-order chi connectivity index (χ1) is 5.66. The molecule has 0 spiro atoms. The summed E-state index contributed by atoms with van der Waals surface area (Å²) in [5, 5.41) is 3.67. The predicted octanol–water partition coefficient (Wildman–Crippen LogP) is 1.76. The van der Waals surface area contributed by atoms with Crippen molar-refractivity contribution in [3.63, 3.8) is 0 Å². The molecule has 0 aliphatic rings. The van der Waals surface area contributed by atoms with Crippen molar-refractivity contribution in [2.45, 2.75) is 13.3 Å². The standard InChI is InChI=1S/C7H10F2N2O/c1-3-12-7-5(6(8)9)4-10-11(7)2/h4,6H,3H2,1-2H3. The number of aromatic nitrogens is 2. The predicted molar refractivity (Wildman–Crippen MR) is 39.3 cm³/mol. The summed E-state index contributed by atoms with van der Waals surface area (Å²) in [4.78, 5) is 0. The molecule has 0 N–H and O–H groups in total. The van der Waals surface area contributed by atoms with Crippen molar-refractivity contribution in [2.75, 3.05) is 6.61 Å². The van der Waals surface area contributed by atoms with E-state index >= 15 is 0 Å². The smallest absolute Gasteiger partial charge is 0.270 e. The highest BCUT2D eigenvalue weighted by atomic mass is 19.3. The summed E-state index contributed by atoms with van der Waals surface area (Å²) in [5.41, 5.74) is -0.153. The van der Waals surface area contributed by atoms with Crippen molar-refractivity contribution in [2.24, 2.45) is 7.05 Å². The van der Waals surface area contributed by atoms with E-state index in [9.17, 15) is 8.78 Å². The Morgan fingerprint density at radius 3 is 2.83 bits per heavy atom. The van der Waals surface area contributed by atoms with Crippen LogP contribution in [0.4, 0.5) is 8.78 Å². The van der Waals surface area contributed by atoms with Gasteiger partial charge in [-0.1, -0.05) is 0 Å². The van der Waals surface area contributed by atoms with Crippen LogP contribution >= 0.6 is 0 Å². The average Bonchev–Trinajstić information content (AvgIpc) is 2.34. The molecule has 1 rings (SSSR count). The molecule has 0 saturated carbocycles. The second kappa shape index (κ2) is 3.51. The molecular weight excluding hydrogens is 166 g/mol. The van der Waals surface area contributed by atoms with Crippen molar-refractivity contribution in [1.82, 2.24) is 9.78 Å². The van der Waals surface area contributed by atoms with Gasteiger partial charge >= 0.3 is 0 Å². The van der Waals surface area contributed by atoms with E-state index in [2.05, 4.69) is 5.10 Å². The first kappa shape index (κ1) is 8.96. The summed E-state index contributed by atoms with van der Waals surface area (Å²) < 4.78 is 30.7. The van der Waals surface area contributed by atoms with Gasteiger partial charge < -0.3 is 4.74 Å². The Hall–Kier alpha value is -1.13. The number of halogens is 2. The third-order valence-electron chi connectivity index (χ3n) is 1.43. The molecule has 1 aromatic heterocycles. The number of alkyl halides is 2. The van der Waals surface area contributed by atoms with E-state index in [0.717, 1.165) is 6.20 Å². The summed E-state index contributed by atoms with van der Waals surface area (Å²) >= 11 is 0. The molecule has 1 aromatic rings. The molecule has 0 amide bonds. The fraction of sp³-hybridized carbons (Fsp3) is 0.571. The maximum atomic E-state index is 12.2. The molecule has 0 aliphatic heterocycles. The highest BCUT2D eigenvalue weighted by molar-refractivity contribution is 5.24. The number of aryl methyl sites for hydroxylation is 1. The third-order valence-corrected chi connectivity index (χ3v) is 1.43. The summed E-state index contributed by atoms with van der Waals surface area (Å²) in [6, 6.07) is 0. The Bertz CT molecular complexity index is 260. The molecule has 0 unspecified atom stereocenters. The summed E-state index contributed by atoms with van der Waals surface area (Å²) in [6.45, 7) is 2.10. The number of hydrogen-bond acceptors (Lipinski definition) is 2. The fourth-order valence-electron chi connectivity index (χ4n) is 0.906. The second-order valence-electron chi connectivity index (χ2n) is 2.26. The molecule has 3 nitrogen and oxygen atoms in total. The van der Waals surface area contributed by atoms with Crippen LogP contribution in [0.25, 0.3) is 0 Å². The normalized spacial score (nSPS) is 10.8. The molecule has 0 atom stereocenters. The molecule has 0 aliphatic carbocycles. The van der Waals surface area contributed by atoms with Crippen molar-refractivity contribution in [3.05, 3.63) is 11.8 Å². The van der Waals surface area contributed by atoms with Gasteiger partial charge in [0, 0.05) is 7.05 Å². The molecule has 0 fully saturated rings. The SMILES string of the molecule is CCOc1c(C(F)F)cnn1C. The molecule has 0 bridgehead atoms. The van der Waals surface area contributed by atoms with Crippen LogP contribution in [0.2, 0.25) is 0 Å². The molecular formula is C7H10F2N2O. The van der Waals surface area contributed by atoms with Gasteiger partial charge in [0.2, 0.25) is 5.88 Å². The second-order valence-corrected chi connectivity index (χ2v) is 2.26. The van der Waals surface area contributed by atoms with Crippen molar-refractivity contribution in [1.29, 1.82) is 0 Å². The van der Waals surface area contributed by atoms with Crippen molar-refractivity contribution in [3.8, 4) is 5.88 Å². The molecule has 0 radical (unpaired) electrons. The summed E-state index contributed by atoms with van der Waals surface area (Å²) in [7, 11) is 1.57. The lowest BCUT2D eigenvalue weighted by molar-refractivity contribution is 0.144. The first-order valence-corrected chi connectivity index (χ1v) is 3.59. The van der Waals surface area contributed by atoms with E-state index in [1.807, 2.05) is 0 Å². The highest BCUT2D eigenvalue weighted by Crippen LogP contribution is 2.27. The van der Waals surface area contributed by atoms with Crippen LogP contribution in [-0.4, -0.2) is 16.4 Å². The van der Waals surface area contributed by atoms with Gasteiger partial charge in [0.25, 0.3) is 6.43 Å². The molecule has 1 heterocycles. The van der Waals surface area contributed by atoms with Crippen LogP contribution < -0.4 is 4.74 Å². The molecule has 12 heavy (non-hydrogen) atoms. The maximum Gasteiger partial charge on any atom is 0.270 e. The van der Waals surface area contributed by atoms with E-state index < -0.39 is 6.43 Å². The minimum absolute atomic E-state index is 0.146. The molecule has 0 aromatic carbocycles. The van der Waals surface area contributed by atoms with E-state index in [1.165, 1.54) is 4.68 Å². The maximum absolute atomic E-state index is 12.2. The largest absolute Gasteiger partial charge is 0.478 e. The zero-order chi connectivity index (χ0) is 9.14. The van der Waals surface area contributed by atoms with Crippen molar-refractivity contribution < 1.29 is 13.5 Å². The van der Waals surface area contributed by atoms with Crippen molar-refractivity contribution >= 4 is 0 Å². The Labute approximate surface area is 68.9 Å². The summed E-state index contributed by atoms with van der Waals surface area (Å²) in [6.07, 6.45) is -1.41. The summed E-state index contributed by atoms with van der Waals surface area (Å²) in [5.74, 6) is 0.146. The minimum atomic E-state index is -2.53.